The zero-order valence-electron chi connectivity index (χ0n) is 7.77. The molecule has 0 spiro atoms. The van der Waals surface area contributed by atoms with Crippen LogP contribution in [0.1, 0.15) is 18.1 Å². The van der Waals surface area contributed by atoms with Crippen LogP contribution in [0.2, 0.25) is 5.02 Å². The third-order valence-corrected chi connectivity index (χ3v) is 2.35. The van der Waals surface area contributed by atoms with Crippen molar-refractivity contribution >= 4 is 11.6 Å². The molecule has 1 aromatic rings. The highest BCUT2D eigenvalue weighted by Gasteiger charge is 2.07. The number of nitrogens with two attached hydrogens (primary N) is 1. The molecule has 0 heterocycles. The van der Waals surface area contributed by atoms with E-state index in [9.17, 15) is 4.39 Å². The van der Waals surface area contributed by atoms with Crippen molar-refractivity contribution in [2.75, 3.05) is 0 Å². The van der Waals surface area contributed by atoms with Crippen LogP contribution in [0.15, 0.2) is 12.1 Å². The molecular formula is C10H13ClFN. The minimum Gasteiger partial charge on any atom is -0.328 e. The van der Waals surface area contributed by atoms with Gasteiger partial charge in [-0.3, -0.25) is 0 Å². The van der Waals surface area contributed by atoms with E-state index in [1.54, 1.807) is 0 Å². The monoisotopic (exact) mass is 201 g/mol. The van der Waals surface area contributed by atoms with Gasteiger partial charge >= 0.3 is 0 Å². The van der Waals surface area contributed by atoms with Crippen molar-refractivity contribution in [2.45, 2.75) is 26.3 Å². The first-order chi connectivity index (χ1) is 6.00. The van der Waals surface area contributed by atoms with Gasteiger partial charge in [-0.1, -0.05) is 11.6 Å². The summed E-state index contributed by atoms with van der Waals surface area (Å²) in [6.07, 6.45) is 0.656. The molecule has 0 aliphatic rings. The van der Waals surface area contributed by atoms with Crippen LogP contribution in [-0.4, -0.2) is 6.04 Å². The Bertz CT molecular complexity index is 310. The van der Waals surface area contributed by atoms with E-state index >= 15 is 0 Å². The molecule has 1 rings (SSSR count). The predicted octanol–water partition coefficient (Wildman–Crippen LogP) is 2.68. The minimum absolute atomic E-state index is 0.0246. The number of hydrogen-bond donors (Lipinski definition) is 1. The summed E-state index contributed by atoms with van der Waals surface area (Å²) in [4.78, 5) is 0. The van der Waals surface area contributed by atoms with Crippen molar-refractivity contribution in [3.63, 3.8) is 0 Å². The first-order valence-corrected chi connectivity index (χ1v) is 4.58. The van der Waals surface area contributed by atoms with Gasteiger partial charge in [-0.25, -0.2) is 4.39 Å². The molecule has 0 aliphatic heterocycles. The molecule has 0 fully saturated rings. The molecule has 72 valence electrons. The molecule has 0 aromatic heterocycles. The van der Waals surface area contributed by atoms with Gasteiger partial charge in [0.25, 0.3) is 0 Å². The van der Waals surface area contributed by atoms with E-state index in [-0.39, 0.29) is 11.9 Å². The molecule has 13 heavy (non-hydrogen) atoms. The molecule has 3 heteroatoms. The Kier molecular flexibility index (Phi) is 3.28. The van der Waals surface area contributed by atoms with Gasteiger partial charge in [0.2, 0.25) is 0 Å². The summed E-state index contributed by atoms with van der Waals surface area (Å²) in [7, 11) is 0. The van der Waals surface area contributed by atoms with Gasteiger partial charge in [0, 0.05) is 11.1 Å². The summed E-state index contributed by atoms with van der Waals surface area (Å²) in [5, 5.41) is 0.468. The van der Waals surface area contributed by atoms with E-state index in [1.807, 2.05) is 13.8 Å². The maximum absolute atomic E-state index is 12.9. The molecule has 1 atom stereocenters. The average molecular weight is 202 g/mol. The topological polar surface area (TPSA) is 26.0 Å². The Hall–Kier alpha value is -0.600. The van der Waals surface area contributed by atoms with Gasteiger partial charge in [0.15, 0.2) is 0 Å². The lowest BCUT2D eigenvalue weighted by Gasteiger charge is -2.10. The molecular weight excluding hydrogens is 189 g/mol. The molecule has 1 nitrogen and oxygen atoms in total. The van der Waals surface area contributed by atoms with Crippen LogP contribution in [0.3, 0.4) is 0 Å². The second-order valence-corrected chi connectivity index (χ2v) is 3.76. The van der Waals surface area contributed by atoms with E-state index in [1.165, 1.54) is 12.1 Å². The largest absolute Gasteiger partial charge is 0.328 e. The average Bonchev–Trinajstić information content (AvgIpc) is 1.98. The van der Waals surface area contributed by atoms with Crippen LogP contribution in [0, 0.1) is 12.7 Å². The fourth-order valence-electron chi connectivity index (χ4n) is 1.26. The maximum atomic E-state index is 12.9. The highest BCUT2D eigenvalue weighted by Crippen LogP contribution is 2.21. The third kappa shape index (κ3) is 2.68. The molecule has 0 radical (unpaired) electrons. The van der Waals surface area contributed by atoms with E-state index in [2.05, 4.69) is 0 Å². The quantitative estimate of drug-likeness (QED) is 0.783. The summed E-state index contributed by atoms with van der Waals surface area (Å²) >= 11 is 5.82. The van der Waals surface area contributed by atoms with Crippen molar-refractivity contribution in [1.82, 2.24) is 0 Å². The number of benzene rings is 1. The van der Waals surface area contributed by atoms with Crippen LogP contribution in [-0.2, 0) is 6.42 Å². The molecule has 1 unspecified atom stereocenters. The Morgan fingerprint density at radius 2 is 2.15 bits per heavy atom. The first kappa shape index (κ1) is 10.5. The SMILES string of the molecule is Cc1c(Cl)cc(F)cc1CC(C)N. The molecule has 0 aliphatic carbocycles. The Balaban J connectivity index is 3.05. The van der Waals surface area contributed by atoms with Gasteiger partial charge in [0.05, 0.1) is 0 Å². The van der Waals surface area contributed by atoms with Gasteiger partial charge < -0.3 is 5.73 Å². The zero-order valence-corrected chi connectivity index (χ0v) is 8.53. The van der Waals surface area contributed by atoms with Gasteiger partial charge in [-0.15, -0.1) is 0 Å². The number of hydrogen-bond acceptors (Lipinski definition) is 1. The van der Waals surface area contributed by atoms with Crippen molar-refractivity contribution < 1.29 is 4.39 Å². The lowest BCUT2D eigenvalue weighted by atomic mass is 10.0. The van der Waals surface area contributed by atoms with Crippen molar-refractivity contribution in [1.29, 1.82) is 0 Å². The normalized spacial score (nSPS) is 13.0. The lowest BCUT2D eigenvalue weighted by Crippen LogP contribution is -2.18. The molecule has 0 bridgehead atoms. The second-order valence-electron chi connectivity index (χ2n) is 3.35. The van der Waals surface area contributed by atoms with E-state index in [0.717, 1.165) is 11.1 Å². The molecule has 0 amide bonds. The predicted molar refractivity (Wildman–Crippen MR) is 53.5 cm³/mol. The van der Waals surface area contributed by atoms with Crippen LogP contribution in [0.4, 0.5) is 4.39 Å². The van der Waals surface area contributed by atoms with E-state index in [0.29, 0.717) is 11.4 Å². The second kappa shape index (κ2) is 4.07. The van der Waals surface area contributed by atoms with Crippen LogP contribution >= 0.6 is 11.6 Å². The summed E-state index contributed by atoms with van der Waals surface area (Å²) in [6.45, 7) is 3.76. The first-order valence-electron chi connectivity index (χ1n) is 4.21. The molecule has 2 N–H and O–H groups in total. The van der Waals surface area contributed by atoms with Gasteiger partial charge in [-0.05, 0) is 43.5 Å². The third-order valence-electron chi connectivity index (χ3n) is 1.96. The fraction of sp³-hybridized carbons (Fsp3) is 0.400. The Labute approximate surface area is 82.7 Å². The van der Waals surface area contributed by atoms with E-state index in [4.69, 9.17) is 17.3 Å². The van der Waals surface area contributed by atoms with Crippen molar-refractivity contribution in [3.8, 4) is 0 Å². The number of rotatable bonds is 2. The lowest BCUT2D eigenvalue weighted by molar-refractivity contribution is 0.622. The van der Waals surface area contributed by atoms with Crippen molar-refractivity contribution in [2.24, 2.45) is 5.73 Å². The molecule has 0 saturated heterocycles. The Morgan fingerprint density at radius 3 is 2.69 bits per heavy atom. The zero-order chi connectivity index (χ0) is 10.0. The standard InChI is InChI=1S/C10H13ClFN/c1-6(13)3-8-4-9(12)5-10(11)7(8)2/h4-6H,3,13H2,1-2H3. The highest BCUT2D eigenvalue weighted by molar-refractivity contribution is 6.31. The van der Waals surface area contributed by atoms with Crippen LogP contribution in [0.5, 0.6) is 0 Å². The van der Waals surface area contributed by atoms with Crippen LogP contribution < -0.4 is 5.73 Å². The number of halogens is 2. The van der Waals surface area contributed by atoms with E-state index < -0.39 is 0 Å². The maximum Gasteiger partial charge on any atom is 0.124 e. The highest BCUT2D eigenvalue weighted by atomic mass is 35.5. The summed E-state index contributed by atoms with van der Waals surface area (Å²) in [5.41, 5.74) is 7.43. The van der Waals surface area contributed by atoms with Crippen LogP contribution in [0.25, 0.3) is 0 Å². The smallest absolute Gasteiger partial charge is 0.124 e. The molecule has 1 aromatic carbocycles. The summed E-state index contributed by atoms with van der Waals surface area (Å²) in [5.74, 6) is -0.300. The van der Waals surface area contributed by atoms with Gasteiger partial charge in [-0.2, -0.15) is 0 Å². The summed E-state index contributed by atoms with van der Waals surface area (Å²) in [6, 6.07) is 2.84. The minimum atomic E-state index is -0.300. The summed E-state index contributed by atoms with van der Waals surface area (Å²) < 4.78 is 12.9. The van der Waals surface area contributed by atoms with Crippen molar-refractivity contribution in [3.05, 3.63) is 34.1 Å². The van der Waals surface area contributed by atoms with Gasteiger partial charge in [0.1, 0.15) is 5.82 Å². The molecule has 0 saturated carbocycles. The Morgan fingerprint density at radius 1 is 1.54 bits per heavy atom. The fourth-order valence-corrected chi connectivity index (χ4v) is 1.48.